The molecule has 2 aliphatic rings. The molecule has 0 aliphatic carbocycles. The number of rotatable bonds is 8. The zero-order valence-electron chi connectivity index (χ0n) is 20.4. The molecule has 0 amide bonds. The third kappa shape index (κ3) is 7.72. The molecule has 12 heteroatoms. The molecule has 2 fully saturated rings. The lowest BCUT2D eigenvalue weighted by molar-refractivity contribution is -0.335. The van der Waals surface area contributed by atoms with Crippen LogP contribution in [0, 0.1) is 0 Å². The Labute approximate surface area is 208 Å². The maximum absolute atomic E-state index is 11.9. The van der Waals surface area contributed by atoms with Gasteiger partial charge in [-0.3, -0.25) is 19.2 Å². The largest absolute Gasteiger partial charge is 0.463 e. The molecule has 198 valence electrons. The van der Waals surface area contributed by atoms with E-state index in [9.17, 15) is 19.2 Å². The monoisotopic (exact) mass is 510 g/mol. The van der Waals surface area contributed by atoms with Gasteiger partial charge in [-0.25, -0.2) is 0 Å². The van der Waals surface area contributed by atoms with E-state index in [1.807, 2.05) is 30.3 Å². The Morgan fingerprint density at radius 2 is 1.33 bits per heavy atom. The SMILES string of the molecule is CC(=O)OC[C@H]1O[C@H](OC2COC(c3ccccc3)OC2)[C@@H](OC(C)=O)[C@@H](OC(C)=O)[C@@H]1OC(C)=O. The average Bonchev–Trinajstić information content (AvgIpc) is 2.82. The number of ether oxygens (including phenoxy) is 8. The van der Waals surface area contributed by atoms with Crippen molar-refractivity contribution in [2.75, 3.05) is 19.8 Å². The van der Waals surface area contributed by atoms with Crippen LogP contribution in [0.4, 0.5) is 0 Å². The number of carbonyl (C=O) groups is 4. The van der Waals surface area contributed by atoms with Crippen molar-refractivity contribution in [3.05, 3.63) is 35.9 Å². The van der Waals surface area contributed by atoms with Crippen molar-refractivity contribution in [3.63, 3.8) is 0 Å². The topological polar surface area (TPSA) is 142 Å². The summed E-state index contributed by atoms with van der Waals surface area (Å²) in [6.45, 7) is 4.55. The molecular weight excluding hydrogens is 480 g/mol. The molecule has 3 rings (SSSR count). The van der Waals surface area contributed by atoms with E-state index in [2.05, 4.69) is 0 Å². The van der Waals surface area contributed by atoms with Crippen molar-refractivity contribution in [2.24, 2.45) is 0 Å². The van der Waals surface area contributed by atoms with Crippen LogP contribution < -0.4 is 0 Å². The lowest BCUT2D eigenvalue weighted by Crippen LogP contribution is -2.63. The van der Waals surface area contributed by atoms with E-state index in [1.54, 1.807) is 0 Å². The van der Waals surface area contributed by atoms with Gasteiger partial charge >= 0.3 is 23.9 Å². The predicted molar refractivity (Wildman–Crippen MR) is 118 cm³/mol. The summed E-state index contributed by atoms with van der Waals surface area (Å²) in [4.78, 5) is 47.0. The highest BCUT2D eigenvalue weighted by molar-refractivity contribution is 5.68. The van der Waals surface area contributed by atoms with E-state index in [0.29, 0.717) is 0 Å². The van der Waals surface area contributed by atoms with E-state index < -0.39 is 67.0 Å². The van der Waals surface area contributed by atoms with Crippen LogP contribution in [0.3, 0.4) is 0 Å². The highest BCUT2D eigenvalue weighted by Crippen LogP contribution is 2.32. The van der Waals surface area contributed by atoms with Crippen LogP contribution in [0.5, 0.6) is 0 Å². The molecular formula is C24H30O12. The van der Waals surface area contributed by atoms with Gasteiger partial charge in [-0.2, -0.15) is 0 Å². The van der Waals surface area contributed by atoms with Gasteiger partial charge in [0.25, 0.3) is 0 Å². The Bertz CT molecular complexity index is 911. The number of benzene rings is 1. The normalized spacial score (nSPS) is 30.1. The summed E-state index contributed by atoms with van der Waals surface area (Å²) < 4.78 is 44.7. The standard InChI is InChI=1S/C24H30O12/c1-13(25)29-12-19-20(32-14(2)26)21(33-15(3)27)22(34-16(4)28)24(36-19)35-18-10-30-23(31-11-18)17-8-6-5-7-9-17/h5-9,18-24H,10-12H2,1-4H3/t18?,19-,20-,21+,22+,23?,24+/m1/s1. The van der Waals surface area contributed by atoms with Gasteiger partial charge in [-0.05, 0) is 0 Å². The van der Waals surface area contributed by atoms with Crippen LogP contribution in [0.25, 0.3) is 0 Å². The minimum absolute atomic E-state index is 0.117. The van der Waals surface area contributed by atoms with Crippen LogP contribution in [0.15, 0.2) is 30.3 Å². The molecule has 1 aromatic rings. The van der Waals surface area contributed by atoms with Gasteiger partial charge in [0.2, 0.25) is 0 Å². The fourth-order valence-electron chi connectivity index (χ4n) is 3.85. The maximum atomic E-state index is 11.9. The maximum Gasteiger partial charge on any atom is 0.303 e. The Hall–Kier alpha value is -3.06. The number of hydrogen-bond donors (Lipinski definition) is 0. The fraction of sp³-hybridized carbons (Fsp3) is 0.583. The number of esters is 4. The minimum atomic E-state index is -1.31. The van der Waals surface area contributed by atoms with Crippen molar-refractivity contribution in [1.29, 1.82) is 0 Å². The highest BCUT2D eigenvalue weighted by atomic mass is 16.8. The smallest absolute Gasteiger partial charge is 0.303 e. The van der Waals surface area contributed by atoms with Crippen molar-refractivity contribution in [1.82, 2.24) is 0 Å². The molecule has 2 saturated heterocycles. The van der Waals surface area contributed by atoms with Crippen molar-refractivity contribution >= 4 is 23.9 Å². The van der Waals surface area contributed by atoms with Crippen LogP contribution in [0.2, 0.25) is 0 Å². The Morgan fingerprint density at radius 3 is 1.89 bits per heavy atom. The third-order valence-electron chi connectivity index (χ3n) is 5.21. The summed E-state index contributed by atoms with van der Waals surface area (Å²) in [6, 6.07) is 9.34. The number of carbonyl (C=O) groups excluding carboxylic acids is 4. The summed E-state index contributed by atoms with van der Waals surface area (Å²) in [6.07, 6.45) is -7.49. The Balaban J connectivity index is 1.80. The summed E-state index contributed by atoms with van der Waals surface area (Å²) in [5.41, 5.74) is 0.836. The van der Waals surface area contributed by atoms with Gasteiger partial charge in [0.15, 0.2) is 30.9 Å². The molecule has 1 aromatic carbocycles. The average molecular weight is 510 g/mol. The van der Waals surface area contributed by atoms with Crippen molar-refractivity contribution < 1.29 is 57.1 Å². The molecule has 0 bridgehead atoms. The highest BCUT2D eigenvalue weighted by Gasteiger charge is 2.53. The molecule has 2 aliphatic heterocycles. The second-order valence-electron chi connectivity index (χ2n) is 8.24. The second kappa shape index (κ2) is 12.8. The first kappa shape index (κ1) is 27.5. The fourth-order valence-corrected chi connectivity index (χ4v) is 3.85. The van der Waals surface area contributed by atoms with Gasteiger partial charge in [-0.15, -0.1) is 0 Å². The molecule has 0 N–H and O–H groups in total. The molecule has 0 unspecified atom stereocenters. The van der Waals surface area contributed by atoms with Gasteiger partial charge in [0.05, 0.1) is 13.2 Å². The first-order valence-corrected chi connectivity index (χ1v) is 11.4. The summed E-state index contributed by atoms with van der Waals surface area (Å²) in [7, 11) is 0. The molecule has 2 heterocycles. The van der Waals surface area contributed by atoms with E-state index >= 15 is 0 Å². The van der Waals surface area contributed by atoms with E-state index in [-0.39, 0.29) is 19.8 Å². The van der Waals surface area contributed by atoms with Crippen molar-refractivity contribution in [2.45, 2.75) is 70.8 Å². The Morgan fingerprint density at radius 1 is 0.778 bits per heavy atom. The van der Waals surface area contributed by atoms with Gasteiger partial charge < -0.3 is 37.9 Å². The van der Waals surface area contributed by atoms with Crippen LogP contribution >= 0.6 is 0 Å². The zero-order chi connectivity index (χ0) is 26.2. The molecule has 0 aromatic heterocycles. The van der Waals surface area contributed by atoms with Gasteiger partial charge in [0.1, 0.15) is 18.8 Å². The lowest BCUT2D eigenvalue weighted by Gasteiger charge is -2.45. The van der Waals surface area contributed by atoms with Gasteiger partial charge in [0, 0.05) is 33.3 Å². The lowest BCUT2D eigenvalue weighted by atomic mass is 9.98. The van der Waals surface area contributed by atoms with Crippen LogP contribution in [0.1, 0.15) is 39.5 Å². The predicted octanol–water partition coefficient (Wildman–Crippen LogP) is 1.20. The molecule has 0 spiro atoms. The van der Waals surface area contributed by atoms with Gasteiger partial charge in [-0.1, -0.05) is 30.3 Å². The number of hydrogen-bond acceptors (Lipinski definition) is 12. The van der Waals surface area contributed by atoms with E-state index in [4.69, 9.17) is 37.9 Å². The van der Waals surface area contributed by atoms with Crippen LogP contribution in [-0.2, 0) is 57.1 Å². The quantitative estimate of drug-likeness (QED) is 0.366. The zero-order valence-corrected chi connectivity index (χ0v) is 20.4. The molecule has 36 heavy (non-hydrogen) atoms. The van der Waals surface area contributed by atoms with E-state index in [1.165, 1.54) is 6.92 Å². The summed E-state index contributed by atoms with van der Waals surface area (Å²) in [5.74, 6) is -2.76. The summed E-state index contributed by atoms with van der Waals surface area (Å²) in [5, 5.41) is 0. The first-order chi connectivity index (χ1) is 17.1. The molecule has 0 saturated carbocycles. The second-order valence-corrected chi connectivity index (χ2v) is 8.24. The first-order valence-electron chi connectivity index (χ1n) is 11.4. The van der Waals surface area contributed by atoms with Crippen LogP contribution in [-0.4, -0.2) is 80.5 Å². The minimum Gasteiger partial charge on any atom is -0.463 e. The molecule has 5 atom stereocenters. The Kier molecular flexibility index (Phi) is 9.76. The van der Waals surface area contributed by atoms with E-state index in [0.717, 1.165) is 26.3 Å². The molecule has 0 radical (unpaired) electrons. The third-order valence-corrected chi connectivity index (χ3v) is 5.21. The molecule has 12 nitrogen and oxygen atoms in total. The van der Waals surface area contributed by atoms with Crippen molar-refractivity contribution in [3.8, 4) is 0 Å². The summed E-state index contributed by atoms with van der Waals surface area (Å²) >= 11 is 0.